The van der Waals surface area contributed by atoms with Crippen LogP contribution < -0.4 is 43.3 Å². The van der Waals surface area contributed by atoms with Gasteiger partial charge in [-0.25, -0.2) is 0 Å². The Hall–Kier alpha value is -10.9. The van der Waals surface area contributed by atoms with Crippen molar-refractivity contribution in [1.29, 1.82) is 0 Å². The van der Waals surface area contributed by atoms with E-state index in [0.717, 1.165) is 134 Å². The number of hydrogen-bond donors (Lipinski definition) is 0. The number of ether oxygens (including phenoxy) is 5. The molecule has 1 saturated carbocycles. The van der Waals surface area contributed by atoms with Gasteiger partial charge in [0.25, 0.3) is 0 Å². The summed E-state index contributed by atoms with van der Waals surface area (Å²) in [7, 11) is 8.50. The molecule has 94 heavy (non-hydrogen) atoms. The predicted octanol–water partition coefficient (Wildman–Crippen LogP) is 22.6. The fraction of sp³-hybridized carbons (Fsp3) is 0.176. The molecule has 1 aliphatic carbocycles. The highest BCUT2D eigenvalue weighted by atomic mass is 16.5. The van der Waals surface area contributed by atoms with Crippen LogP contribution in [-0.2, 0) is 5.41 Å². The molecule has 1 fully saturated rings. The van der Waals surface area contributed by atoms with E-state index in [-0.39, 0.29) is 11.5 Å². The van der Waals surface area contributed by atoms with Gasteiger partial charge in [0.2, 0.25) is 0 Å². The molecule has 1 unspecified atom stereocenters. The largest absolute Gasteiger partial charge is 0.497 e. The van der Waals surface area contributed by atoms with Crippen LogP contribution in [-0.4, -0.2) is 41.6 Å². The average Bonchev–Trinajstić information content (AvgIpc) is 0.808. The van der Waals surface area contributed by atoms with E-state index in [1.807, 2.05) is 66.7 Å². The summed E-state index contributed by atoms with van der Waals surface area (Å²) in [5.41, 5.74) is 17.5. The number of nitrogens with zero attached hydrogens (tertiary/aromatic N) is 4. The van der Waals surface area contributed by atoms with E-state index in [9.17, 15) is 0 Å². The SMILES string of the molecule is C\C=C/C(=C\C=C\N(c1ccc(OC)cc1)c1ccc(C(/C=C\C(C)N(c2ccc(OC)cc2)c2ccc(OC)cc2)=C/C)cc1)C1(c2ccc(N(c3ccc(OC)cc3)c3ccc(-c4ccc(N(c5ccccc5)c5ccc(OC)cc5)cc4)cc3)cc2)CCCCC1. The Kier molecular flexibility index (Phi) is 21.3. The summed E-state index contributed by atoms with van der Waals surface area (Å²) in [6.45, 7) is 6.45. The summed E-state index contributed by atoms with van der Waals surface area (Å²) in [5.74, 6) is 4.07. The molecule has 474 valence electrons. The Morgan fingerprint density at radius 2 is 0.755 bits per heavy atom. The summed E-state index contributed by atoms with van der Waals surface area (Å²) in [6.07, 6.45) is 23.6. The summed E-state index contributed by atoms with van der Waals surface area (Å²) in [4.78, 5) is 9.17. The Balaban J connectivity index is 0.862. The number of methoxy groups -OCH3 is 5. The molecule has 0 N–H and O–H groups in total. The third-order valence-electron chi connectivity index (χ3n) is 17.9. The van der Waals surface area contributed by atoms with E-state index >= 15 is 0 Å². The smallest absolute Gasteiger partial charge is 0.119 e. The first-order valence-electron chi connectivity index (χ1n) is 32.4. The molecule has 10 aromatic rings. The molecule has 0 bridgehead atoms. The lowest BCUT2D eigenvalue weighted by molar-refractivity contribution is 0.345. The Bertz CT molecular complexity index is 4130. The zero-order valence-corrected chi connectivity index (χ0v) is 55.2. The van der Waals surface area contributed by atoms with E-state index in [4.69, 9.17) is 23.7 Å². The minimum Gasteiger partial charge on any atom is -0.497 e. The molecule has 11 rings (SSSR count). The average molecular weight is 1240 g/mol. The zero-order valence-electron chi connectivity index (χ0n) is 55.2. The number of rotatable bonds is 25. The topological polar surface area (TPSA) is 59.1 Å². The third-order valence-corrected chi connectivity index (χ3v) is 17.9. The van der Waals surface area contributed by atoms with Gasteiger partial charge in [-0.3, -0.25) is 0 Å². The molecule has 0 heterocycles. The third kappa shape index (κ3) is 14.9. The highest BCUT2D eigenvalue weighted by Crippen LogP contribution is 2.48. The quantitative estimate of drug-likeness (QED) is 0.0521. The van der Waals surface area contributed by atoms with Gasteiger partial charge in [-0.1, -0.05) is 122 Å². The summed E-state index contributed by atoms with van der Waals surface area (Å²) in [6, 6.07) is 87.6. The van der Waals surface area contributed by atoms with Crippen molar-refractivity contribution >= 4 is 62.4 Å². The van der Waals surface area contributed by atoms with Crippen LogP contribution in [0, 0.1) is 0 Å². The molecule has 0 aromatic heterocycles. The van der Waals surface area contributed by atoms with E-state index in [0.29, 0.717) is 0 Å². The number of para-hydroxylation sites is 1. The van der Waals surface area contributed by atoms with Crippen LogP contribution in [0.25, 0.3) is 16.7 Å². The van der Waals surface area contributed by atoms with Gasteiger partial charge in [0.05, 0.1) is 35.5 Å². The van der Waals surface area contributed by atoms with Crippen LogP contribution in [0.4, 0.5) is 56.9 Å². The van der Waals surface area contributed by atoms with Gasteiger partial charge in [-0.2, -0.15) is 0 Å². The van der Waals surface area contributed by atoms with Gasteiger partial charge >= 0.3 is 0 Å². The van der Waals surface area contributed by atoms with Crippen LogP contribution in [0.15, 0.2) is 303 Å². The highest BCUT2D eigenvalue weighted by molar-refractivity contribution is 5.82. The minimum atomic E-state index is -0.191. The second kappa shape index (κ2) is 30.9. The maximum atomic E-state index is 5.64. The first kappa shape index (κ1) is 64.6. The fourth-order valence-corrected chi connectivity index (χ4v) is 12.8. The second-order valence-electron chi connectivity index (χ2n) is 23.4. The summed E-state index contributed by atoms with van der Waals surface area (Å²) < 4.78 is 27.8. The molecular formula is C85H84N4O5. The van der Waals surface area contributed by atoms with Crippen LogP contribution in [0.5, 0.6) is 28.7 Å². The lowest BCUT2D eigenvalue weighted by Gasteiger charge is -2.40. The Morgan fingerprint density at radius 1 is 0.394 bits per heavy atom. The van der Waals surface area contributed by atoms with E-state index in [1.165, 1.54) is 17.6 Å². The van der Waals surface area contributed by atoms with Gasteiger partial charge in [-0.05, 0) is 255 Å². The molecule has 9 heteroatoms. The van der Waals surface area contributed by atoms with Gasteiger partial charge in [-0.15, -0.1) is 0 Å². The number of benzene rings is 10. The molecule has 10 aromatic carbocycles. The Labute approximate surface area is 556 Å². The summed E-state index contributed by atoms with van der Waals surface area (Å²) in [5, 5.41) is 0. The molecular weight excluding hydrogens is 1160 g/mol. The van der Waals surface area contributed by atoms with Crippen molar-refractivity contribution in [2.45, 2.75) is 64.3 Å². The maximum Gasteiger partial charge on any atom is 0.119 e. The predicted molar refractivity (Wildman–Crippen MR) is 393 cm³/mol. The second-order valence-corrected chi connectivity index (χ2v) is 23.4. The van der Waals surface area contributed by atoms with Crippen molar-refractivity contribution < 1.29 is 23.7 Å². The zero-order chi connectivity index (χ0) is 65.2. The molecule has 0 spiro atoms. The maximum absolute atomic E-state index is 5.64. The van der Waals surface area contributed by atoms with Crippen molar-refractivity contribution in [3.63, 3.8) is 0 Å². The van der Waals surface area contributed by atoms with Gasteiger partial charge in [0, 0.05) is 74.5 Å². The van der Waals surface area contributed by atoms with E-state index < -0.39 is 0 Å². The van der Waals surface area contributed by atoms with Crippen molar-refractivity contribution in [3.05, 3.63) is 314 Å². The normalized spacial score (nSPS) is 13.6. The van der Waals surface area contributed by atoms with Crippen LogP contribution in [0.2, 0.25) is 0 Å². The lowest BCUT2D eigenvalue weighted by atomic mass is 9.64. The van der Waals surface area contributed by atoms with Crippen molar-refractivity contribution in [2.24, 2.45) is 0 Å². The molecule has 9 nitrogen and oxygen atoms in total. The monoisotopic (exact) mass is 1240 g/mol. The minimum absolute atomic E-state index is 0.00719. The number of hydrogen-bond acceptors (Lipinski definition) is 9. The first-order chi connectivity index (χ1) is 46.1. The molecule has 0 amide bonds. The van der Waals surface area contributed by atoms with Gasteiger partial charge < -0.3 is 43.3 Å². The summed E-state index contributed by atoms with van der Waals surface area (Å²) >= 11 is 0. The molecule has 1 aliphatic rings. The molecule has 0 aliphatic heterocycles. The standard InChI is InChI=1S/C85H84N4O5/c1-9-18-68(19-17-62-86(71-40-50-80(90-4)51-41-71)70-32-24-65(25-33-70)64(10-2)23-22-63(3)87(73-42-52-81(91-5)53-43-73)74-44-54-82(92-6)55-45-74)85(60-15-12-16-61-85)69-30-38-77(39-31-69)89(79-48-58-84(94-8)59-49-79)76-36-28-67(29-37-76)66-26-34-75(35-27-66)88(72-20-13-11-14-21-72)78-46-56-83(93-7)57-47-78/h9-11,13-14,17-59,62-63H,12,15-16,60-61H2,1-8H3/b18-9-,23-22-,62-17+,64-10+,68-19+. The molecule has 1 atom stereocenters. The number of allylic oxidation sites excluding steroid dienone is 8. The van der Waals surface area contributed by atoms with Crippen molar-refractivity contribution in [1.82, 2.24) is 0 Å². The van der Waals surface area contributed by atoms with Gasteiger partial charge in [0.1, 0.15) is 28.7 Å². The van der Waals surface area contributed by atoms with Crippen LogP contribution >= 0.6 is 0 Å². The van der Waals surface area contributed by atoms with Crippen LogP contribution in [0.3, 0.4) is 0 Å². The fourth-order valence-electron chi connectivity index (χ4n) is 12.8. The first-order valence-corrected chi connectivity index (χ1v) is 32.4. The highest BCUT2D eigenvalue weighted by Gasteiger charge is 2.36. The van der Waals surface area contributed by atoms with E-state index in [1.54, 1.807) is 35.5 Å². The van der Waals surface area contributed by atoms with Crippen molar-refractivity contribution in [2.75, 3.05) is 55.1 Å². The Morgan fingerprint density at radius 3 is 1.15 bits per heavy atom. The number of anilines is 10. The van der Waals surface area contributed by atoms with E-state index in [2.05, 4.69) is 271 Å². The molecule has 0 radical (unpaired) electrons. The van der Waals surface area contributed by atoms with Crippen LogP contribution in [0.1, 0.15) is 64.0 Å². The lowest BCUT2D eigenvalue weighted by Crippen LogP contribution is -2.31. The van der Waals surface area contributed by atoms with Crippen molar-refractivity contribution in [3.8, 4) is 39.9 Å². The molecule has 0 saturated heterocycles. The van der Waals surface area contributed by atoms with Gasteiger partial charge in [0.15, 0.2) is 0 Å².